The molecular weight excluding hydrogens is 487 g/mol. The molecule has 1 aliphatic rings. The van der Waals surface area contributed by atoms with Gasteiger partial charge in [-0.1, -0.05) is 11.6 Å². The maximum absolute atomic E-state index is 13.6. The van der Waals surface area contributed by atoms with Gasteiger partial charge in [-0.05, 0) is 30.3 Å². The van der Waals surface area contributed by atoms with Gasteiger partial charge in [-0.2, -0.15) is 39.5 Å². The van der Waals surface area contributed by atoms with Crippen molar-refractivity contribution in [2.45, 2.75) is 24.4 Å². The van der Waals surface area contributed by atoms with Crippen LogP contribution in [0.2, 0.25) is 5.02 Å². The number of amides is 2. The third kappa shape index (κ3) is 4.74. The minimum absolute atomic E-state index is 0.0431. The normalized spacial score (nSPS) is 18.4. The van der Waals surface area contributed by atoms with E-state index in [9.17, 15) is 44.3 Å². The van der Waals surface area contributed by atoms with Crippen LogP contribution in [0.25, 0.3) is 0 Å². The van der Waals surface area contributed by atoms with Gasteiger partial charge < -0.3 is 14.8 Å². The quantitative estimate of drug-likeness (QED) is 0.490. The molecule has 0 bridgehead atoms. The number of rotatable bonds is 2. The molecule has 0 saturated heterocycles. The number of carbonyl (C=O) groups is 1. The van der Waals surface area contributed by atoms with Crippen LogP contribution in [-0.4, -0.2) is 18.1 Å². The SMILES string of the molecule is O=C(Nc1cc(C(F)(F)F)cc(C(F)(F)F)c1)NC1(C(F)(F)F)Oc2ccc(Cl)cc2O1. The molecule has 174 valence electrons. The number of hydrogen-bond acceptors (Lipinski definition) is 3. The van der Waals surface area contributed by atoms with Crippen LogP contribution in [0, 0.1) is 0 Å². The zero-order valence-corrected chi connectivity index (χ0v) is 15.7. The Kier molecular flexibility index (Phi) is 5.56. The predicted octanol–water partition coefficient (Wildman–Crippen LogP) is 6.19. The van der Waals surface area contributed by atoms with Gasteiger partial charge in [0.25, 0.3) is 0 Å². The van der Waals surface area contributed by atoms with E-state index < -0.39 is 58.8 Å². The van der Waals surface area contributed by atoms with Gasteiger partial charge in [0.05, 0.1) is 11.1 Å². The fraction of sp³-hybridized carbons (Fsp3) is 0.235. The summed E-state index contributed by atoms with van der Waals surface area (Å²) in [6.45, 7) is 0. The molecule has 2 amide bonds. The molecule has 1 unspecified atom stereocenters. The highest BCUT2D eigenvalue weighted by Gasteiger charge is 2.65. The van der Waals surface area contributed by atoms with Gasteiger partial charge in [0.1, 0.15) is 0 Å². The van der Waals surface area contributed by atoms with Crippen LogP contribution < -0.4 is 20.1 Å². The molecule has 0 aromatic heterocycles. The number of carbonyl (C=O) groups excluding carboxylic acids is 1. The molecule has 2 aromatic carbocycles. The first-order valence-corrected chi connectivity index (χ1v) is 8.51. The maximum atomic E-state index is 13.6. The summed E-state index contributed by atoms with van der Waals surface area (Å²) in [5.41, 5.74) is -4.66. The Morgan fingerprint density at radius 3 is 1.84 bits per heavy atom. The maximum Gasteiger partial charge on any atom is 0.492 e. The van der Waals surface area contributed by atoms with Gasteiger partial charge in [-0.15, -0.1) is 0 Å². The van der Waals surface area contributed by atoms with E-state index in [4.69, 9.17) is 11.6 Å². The number of nitrogens with one attached hydrogen (secondary N) is 2. The molecule has 0 saturated carbocycles. The minimum Gasteiger partial charge on any atom is -0.424 e. The number of urea groups is 1. The summed E-state index contributed by atoms with van der Waals surface area (Å²) in [6, 6.07) is 1.22. The van der Waals surface area contributed by atoms with Crippen molar-refractivity contribution in [3.63, 3.8) is 0 Å². The van der Waals surface area contributed by atoms with E-state index in [0.717, 1.165) is 18.2 Å². The van der Waals surface area contributed by atoms with Crippen molar-refractivity contribution in [3.8, 4) is 11.5 Å². The van der Waals surface area contributed by atoms with Crippen LogP contribution >= 0.6 is 11.6 Å². The molecule has 0 radical (unpaired) electrons. The Morgan fingerprint density at radius 1 is 0.812 bits per heavy atom. The van der Waals surface area contributed by atoms with E-state index in [2.05, 4.69) is 9.47 Å². The molecule has 2 aromatic rings. The van der Waals surface area contributed by atoms with Crippen LogP contribution in [0.5, 0.6) is 11.5 Å². The van der Waals surface area contributed by atoms with Gasteiger partial charge in [0.15, 0.2) is 11.5 Å². The van der Waals surface area contributed by atoms with E-state index in [-0.39, 0.29) is 23.2 Å². The highest BCUT2D eigenvalue weighted by atomic mass is 35.5. The smallest absolute Gasteiger partial charge is 0.424 e. The standard InChI is InChI=1S/C17H8ClF9N2O3/c18-9-1-2-11-12(6-9)32-17(31-11,16(25,26)27)29-13(30)28-10-4-7(14(19,20)21)3-8(5-10)15(22,23)24/h1-6H,(H2,28,29,30). The average Bonchev–Trinajstić information content (AvgIpc) is 2.98. The van der Waals surface area contributed by atoms with Crippen molar-refractivity contribution in [1.82, 2.24) is 5.32 Å². The van der Waals surface area contributed by atoms with Gasteiger partial charge >= 0.3 is 30.5 Å². The molecule has 0 spiro atoms. The molecule has 1 heterocycles. The molecule has 1 aliphatic heterocycles. The lowest BCUT2D eigenvalue weighted by atomic mass is 10.1. The zero-order valence-electron chi connectivity index (χ0n) is 15.0. The number of halogens is 10. The molecule has 0 fully saturated rings. The molecule has 5 nitrogen and oxygen atoms in total. The number of hydrogen-bond donors (Lipinski definition) is 2. The van der Waals surface area contributed by atoms with Gasteiger partial charge in [-0.25, -0.2) is 4.79 Å². The summed E-state index contributed by atoms with van der Waals surface area (Å²) in [5.74, 6) is -4.82. The second-order valence-electron chi connectivity index (χ2n) is 6.28. The van der Waals surface area contributed by atoms with Gasteiger partial charge in [0.2, 0.25) is 0 Å². The van der Waals surface area contributed by atoms with Crippen molar-refractivity contribution in [2.75, 3.05) is 5.32 Å². The average molecular weight is 495 g/mol. The Labute approximate surface area is 177 Å². The second-order valence-corrected chi connectivity index (χ2v) is 6.72. The minimum atomic E-state index is -5.43. The molecule has 1 atom stereocenters. The van der Waals surface area contributed by atoms with Crippen molar-refractivity contribution in [3.05, 3.63) is 52.5 Å². The number of benzene rings is 2. The Morgan fingerprint density at radius 2 is 1.34 bits per heavy atom. The first kappa shape index (κ1) is 23.6. The van der Waals surface area contributed by atoms with Crippen molar-refractivity contribution >= 4 is 23.3 Å². The summed E-state index contributed by atoms with van der Waals surface area (Å²) >= 11 is 5.65. The number of fused-ring (bicyclic) bond motifs is 1. The molecular formula is C17H8ClF9N2O3. The predicted molar refractivity (Wildman–Crippen MR) is 90.1 cm³/mol. The van der Waals surface area contributed by atoms with Crippen molar-refractivity contribution < 1.29 is 53.8 Å². The van der Waals surface area contributed by atoms with E-state index in [1.54, 1.807) is 0 Å². The largest absolute Gasteiger partial charge is 0.492 e. The third-order valence-electron chi connectivity index (χ3n) is 3.91. The number of ether oxygens (including phenoxy) is 2. The van der Waals surface area contributed by atoms with Gasteiger partial charge in [0, 0.05) is 16.8 Å². The van der Waals surface area contributed by atoms with Crippen LogP contribution in [0.1, 0.15) is 11.1 Å². The fourth-order valence-corrected chi connectivity index (χ4v) is 2.72. The molecule has 2 N–H and O–H groups in total. The molecule has 0 aliphatic carbocycles. The lowest BCUT2D eigenvalue weighted by Gasteiger charge is -2.29. The number of alkyl halides is 9. The molecule has 3 rings (SSSR count). The van der Waals surface area contributed by atoms with Crippen LogP contribution in [0.3, 0.4) is 0 Å². The van der Waals surface area contributed by atoms with Crippen LogP contribution in [0.15, 0.2) is 36.4 Å². The van der Waals surface area contributed by atoms with Crippen molar-refractivity contribution in [2.24, 2.45) is 0 Å². The van der Waals surface area contributed by atoms with Gasteiger partial charge in [-0.3, -0.25) is 5.32 Å². The van der Waals surface area contributed by atoms with E-state index in [1.807, 2.05) is 0 Å². The first-order valence-electron chi connectivity index (χ1n) is 8.13. The molecule has 32 heavy (non-hydrogen) atoms. The monoisotopic (exact) mass is 494 g/mol. The summed E-state index contributed by atoms with van der Waals surface area (Å²) in [6.07, 6.45) is -15.9. The fourth-order valence-electron chi connectivity index (χ4n) is 2.55. The summed E-state index contributed by atoms with van der Waals surface area (Å²) in [5, 5.41) is 2.69. The third-order valence-corrected chi connectivity index (χ3v) is 4.15. The summed E-state index contributed by atoms with van der Waals surface area (Å²) < 4.78 is 128. The van der Waals surface area contributed by atoms with Crippen molar-refractivity contribution in [1.29, 1.82) is 0 Å². The van der Waals surface area contributed by atoms with E-state index in [1.165, 1.54) is 10.6 Å². The van der Waals surface area contributed by atoms with E-state index in [0.29, 0.717) is 0 Å². The Hall–Kier alpha value is -3.03. The second kappa shape index (κ2) is 7.53. The van der Waals surface area contributed by atoms with E-state index >= 15 is 0 Å². The highest BCUT2D eigenvalue weighted by molar-refractivity contribution is 6.30. The zero-order chi connectivity index (χ0) is 24.1. The topological polar surface area (TPSA) is 59.6 Å². The van der Waals surface area contributed by atoms with Crippen LogP contribution in [-0.2, 0) is 12.4 Å². The first-order chi connectivity index (χ1) is 14.5. The summed E-state index contributed by atoms with van der Waals surface area (Å²) in [7, 11) is 0. The summed E-state index contributed by atoms with van der Waals surface area (Å²) in [4.78, 5) is 12.1. The Bertz CT molecular complexity index is 1020. The number of anilines is 1. The molecule has 15 heteroatoms. The van der Waals surface area contributed by atoms with Crippen LogP contribution in [0.4, 0.5) is 50.0 Å². The highest BCUT2D eigenvalue weighted by Crippen LogP contribution is 2.46. The lowest BCUT2D eigenvalue weighted by molar-refractivity contribution is -0.317. The lowest BCUT2D eigenvalue weighted by Crippen LogP contribution is -2.65. The Balaban J connectivity index is 1.90.